The highest BCUT2D eigenvalue weighted by atomic mass is 19.4. The molecule has 4 aromatic rings. The molecule has 1 aromatic heterocycles. The Labute approximate surface area is 218 Å². The molecule has 1 heterocycles. The van der Waals surface area contributed by atoms with Gasteiger partial charge in [0.05, 0.1) is 17.2 Å². The fourth-order valence-corrected chi connectivity index (χ4v) is 3.78. The number of hydrogen-bond acceptors (Lipinski definition) is 4. The number of carbonyl (C=O) groups excluding carboxylic acids is 2. The van der Waals surface area contributed by atoms with Crippen LogP contribution < -0.4 is 16.0 Å². The van der Waals surface area contributed by atoms with Gasteiger partial charge < -0.3 is 21.4 Å². The number of carbonyl (C=O) groups is 2. The average molecular weight is 544 g/mol. The lowest BCUT2D eigenvalue weighted by atomic mass is 10.0. The lowest BCUT2D eigenvalue weighted by molar-refractivity contribution is -0.137. The summed E-state index contributed by atoms with van der Waals surface area (Å²) in [5.74, 6) is -2.63. The molecule has 0 aliphatic heterocycles. The van der Waals surface area contributed by atoms with E-state index in [2.05, 4.69) is 20.8 Å². The third kappa shape index (κ3) is 5.87. The Hall–Kier alpha value is -4.81. The first-order valence-corrected chi connectivity index (χ1v) is 11.5. The molecule has 13 heteroatoms. The van der Waals surface area contributed by atoms with E-state index in [1.807, 2.05) is 5.32 Å². The summed E-state index contributed by atoms with van der Waals surface area (Å²) in [5, 5.41) is 21.2. The minimum Gasteiger partial charge on any atom is -0.312 e. The van der Waals surface area contributed by atoms with Crippen LogP contribution in [-0.4, -0.2) is 28.4 Å². The fourth-order valence-electron chi connectivity index (χ4n) is 3.78. The molecule has 0 saturated heterocycles. The zero-order valence-corrected chi connectivity index (χ0v) is 20.2. The van der Waals surface area contributed by atoms with Gasteiger partial charge in [-0.15, -0.1) is 0 Å². The number of amides is 3. The van der Waals surface area contributed by atoms with Gasteiger partial charge in [0.2, 0.25) is 5.91 Å². The molecule has 8 nitrogen and oxygen atoms in total. The van der Waals surface area contributed by atoms with Crippen molar-refractivity contribution in [1.82, 2.24) is 10.2 Å². The Bertz CT molecular complexity index is 1550. The molecule has 0 aliphatic carbocycles. The van der Waals surface area contributed by atoms with Crippen molar-refractivity contribution in [2.24, 2.45) is 5.92 Å². The Balaban J connectivity index is 1.48. The number of hydrogen-bond donors (Lipinski definition) is 5. The maximum absolute atomic E-state index is 15.3. The number of rotatable bonds is 7. The molecule has 0 bridgehead atoms. The smallest absolute Gasteiger partial charge is 0.312 e. The second-order valence-electron chi connectivity index (χ2n) is 8.44. The molecule has 0 saturated carbocycles. The van der Waals surface area contributed by atoms with E-state index in [-0.39, 0.29) is 22.6 Å². The topological polar surface area (TPSA) is 123 Å². The van der Waals surface area contributed by atoms with E-state index in [0.29, 0.717) is 35.6 Å². The maximum atomic E-state index is 15.3. The molecule has 39 heavy (non-hydrogen) atoms. The number of fused-ring (bicyclic) bond motifs is 1. The standard InChI is InChI=1S/C26H21F5N6O2/c1-2-13(12-32)24(38)35-23-18-9-8-17(21(28)22(18)36-37-23)14-3-6-16(7-4-14)33-25(39)34-20-11-15(26(29,30)31)5-10-19(20)27/h3-13,32H,2H2,1H3,(H2,33,34,39)(H2,35,36,37,38). The third-order valence-corrected chi connectivity index (χ3v) is 5.89. The number of halogens is 5. The van der Waals surface area contributed by atoms with Crippen LogP contribution in [0.5, 0.6) is 0 Å². The van der Waals surface area contributed by atoms with Crippen molar-refractivity contribution in [3.63, 3.8) is 0 Å². The molecular weight excluding hydrogens is 523 g/mol. The van der Waals surface area contributed by atoms with Crippen molar-refractivity contribution in [2.75, 3.05) is 16.0 Å². The van der Waals surface area contributed by atoms with Crippen molar-refractivity contribution in [3.05, 3.63) is 71.8 Å². The zero-order valence-electron chi connectivity index (χ0n) is 20.2. The summed E-state index contributed by atoms with van der Waals surface area (Å²) in [4.78, 5) is 24.5. The number of aromatic amines is 1. The van der Waals surface area contributed by atoms with Gasteiger partial charge in [-0.05, 0) is 48.4 Å². The number of nitrogens with zero attached hydrogens (tertiary/aromatic N) is 1. The highest BCUT2D eigenvalue weighted by molar-refractivity contribution is 6.06. The van der Waals surface area contributed by atoms with E-state index >= 15 is 4.39 Å². The van der Waals surface area contributed by atoms with E-state index in [1.165, 1.54) is 30.3 Å². The maximum Gasteiger partial charge on any atom is 0.416 e. The van der Waals surface area contributed by atoms with E-state index in [4.69, 9.17) is 5.41 Å². The summed E-state index contributed by atoms with van der Waals surface area (Å²) in [7, 11) is 0. The first-order chi connectivity index (χ1) is 18.5. The Morgan fingerprint density at radius 1 is 1.03 bits per heavy atom. The normalized spacial score (nSPS) is 12.2. The highest BCUT2D eigenvalue weighted by Crippen LogP contribution is 2.33. The van der Waals surface area contributed by atoms with Gasteiger partial charge in [0.1, 0.15) is 11.3 Å². The Morgan fingerprint density at radius 2 is 1.74 bits per heavy atom. The molecule has 1 atom stereocenters. The molecule has 0 radical (unpaired) electrons. The van der Waals surface area contributed by atoms with E-state index < -0.39 is 46.9 Å². The number of aromatic nitrogens is 2. The van der Waals surface area contributed by atoms with Crippen molar-refractivity contribution >= 4 is 46.2 Å². The van der Waals surface area contributed by atoms with Gasteiger partial charge in [0, 0.05) is 22.9 Å². The van der Waals surface area contributed by atoms with Crippen molar-refractivity contribution < 1.29 is 31.5 Å². The van der Waals surface area contributed by atoms with Crippen LogP contribution in [0, 0.1) is 23.0 Å². The lowest BCUT2D eigenvalue weighted by Gasteiger charge is -2.12. The lowest BCUT2D eigenvalue weighted by Crippen LogP contribution is -2.23. The largest absolute Gasteiger partial charge is 0.416 e. The predicted molar refractivity (Wildman–Crippen MR) is 137 cm³/mol. The molecule has 0 aliphatic rings. The van der Waals surface area contributed by atoms with Gasteiger partial charge >= 0.3 is 12.2 Å². The Morgan fingerprint density at radius 3 is 2.38 bits per heavy atom. The summed E-state index contributed by atoms with van der Waals surface area (Å²) in [6, 6.07) is 9.60. The monoisotopic (exact) mass is 544 g/mol. The summed E-state index contributed by atoms with van der Waals surface area (Å²) in [6.07, 6.45) is -3.26. The number of H-pyrrole nitrogens is 1. The zero-order chi connectivity index (χ0) is 28.3. The number of benzene rings is 3. The first kappa shape index (κ1) is 27.2. The average Bonchev–Trinajstić information content (AvgIpc) is 3.29. The van der Waals surface area contributed by atoms with Crippen molar-refractivity contribution in [2.45, 2.75) is 19.5 Å². The number of urea groups is 1. The quantitative estimate of drug-likeness (QED) is 0.130. The fraction of sp³-hybridized carbons (Fsp3) is 0.154. The molecule has 202 valence electrons. The van der Waals surface area contributed by atoms with Gasteiger partial charge in [0.15, 0.2) is 11.6 Å². The van der Waals surface area contributed by atoms with Gasteiger partial charge in [0.25, 0.3) is 0 Å². The summed E-state index contributed by atoms with van der Waals surface area (Å²) >= 11 is 0. The van der Waals surface area contributed by atoms with Crippen LogP contribution in [0.3, 0.4) is 0 Å². The van der Waals surface area contributed by atoms with Gasteiger partial charge in [-0.3, -0.25) is 9.89 Å². The van der Waals surface area contributed by atoms with Crippen LogP contribution in [0.2, 0.25) is 0 Å². The molecule has 5 N–H and O–H groups in total. The molecule has 3 aromatic carbocycles. The Kier molecular flexibility index (Phi) is 7.61. The third-order valence-electron chi connectivity index (χ3n) is 5.89. The number of nitrogens with one attached hydrogen (secondary N) is 5. The van der Waals surface area contributed by atoms with Gasteiger partial charge in [-0.2, -0.15) is 18.3 Å². The minimum atomic E-state index is -4.71. The van der Waals surface area contributed by atoms with Crippen LogP contribution >= 0.6 is 0 Å². The molecule has 3 amide bonds. The molecule has 0 fully saturated rings. The second-order valence-corrected chi connectivity index (χ2v) is 8.44. The van der Waals surface area contributed by atoms with Crippen LogP contribution in [0.25, 0.3) is 22.0 Å². The number of alkyl halides is 3. The molecule has 4 rings (SSSR count). The summed E-state index contributed by atoms with van der Waals surface area (Å²) < 4.78 is 67.8. The molecule has 1 unspecified atom stereocenters. The van der Waals surface area contributed by atoms with Gasteiger partial charge in [-0.25, -0.2) is 13.6 Å². The van der Waals surface area contributed by atoms with E-state index in [0.717, 1.165) is 6.21 Å². The van der Waals surface area contributed by atoms with E-state index in [1.54, 1.807) is 13.0 Å². The molecule has 0 spiro atoms. The van der Waals surface area contributed by atoms with Crippen LogP contribution in [0.1, 0.15) is 18.9 Å². The van der Waals surface area contributed by atoms with Crippen molar-refractivity contribution in [3.8, 4) is 11.1 Å². The van der Waals surface area contributed by atoms with Crippen LogP contribution in [0.15, 0.2) is 54.6 Å². The van der Waals surface area contributed by atoms with Crippen molar-refractivity contribution in [1.29, 1.82) is 5.41 Å². The first-order valence-electron chi connectivity index (χ1n) is 11.5. The minimum absolute atomic E-state index is 0.0513. The molecular formula is C26H21F5N6O2. The summed E-state index contributed by atoms with van der Waals surface area (Å²) in [6.45, 7) is 1.76. The van der Waals surface area contributed by atoms with E-state index in [9.17, 15) is 27.2 Å². The SMILES string of the molecule is CCC(C=N)C(=O)Nc1n[nH]c2c(F)c(-c3ccc(NC(=O)Nc4cc(C(F)(F)F)ccc4F)cc3)ccc12. The van der Waals surface area contributed by atoms with Gasteiger partial charge in [-0.1, -0.05) is 25.1 Å². The van der Waals surface area contributed by atoms with Crippen LogP contribution in [-0.2, 0) is 11.0 Å². The predicted octanol–water partition coefficient (Wildman–Crippen LogP) is 6.79. The highest BCUT2D eigenvalue weighted by Gasteiger charge is 2.31. The number of anilines is 3. The van der Waals surface area contributed by atoms with Crippen LogP contribution in [0.4, 0.5) is 43.9 Å². The second kappa shape index (κ2) is 10.9. The summed E-state index contributed by atoms with van der Waals surface area (Å²) in [5.41, 5.74) is -0.877.